The lowest BCUT2D eigenvalue weighted by Crippen LogP contribution is -2.06. The SMILES string of the molecule is Cc1cc2c(NCCCc3ccc(-c4ccc(OCF)cc4)cc3)nc(-c3ncc[nH]3)nc2s1. The smallest absolute Gasteiger partial charge is 0.228 e. The van der Waals surface area contributed by atoms with Crippen molar-refractivity contribution in [3.63, 3.8) is 0 Å². The highest BCUT2D eigenvalue weighted by molar-refractivity contribution is 7.18. The average Bonchev–Trinajstić information content (AvgIpc) is 3.52. The largest absolute Gasteiger partial charge is 0.463 e. The summed E-state index contributed by atoms with van der Waals surface area (Å²) in [5.41, 5.74) is 3.47. The number of rotatable bonds is 9. The molecule has 0 amide bonds. The van der Waals surface area contributed by atoms with Crippen LogP contribution < -0.4 is 10.1 Å². The number of benzene rings is 2. The van der Waals surface area contributed by atoms with Crippen LogP contribution in [0.2, 0.25) is 0 Å². The van der Waals surface area contributed by atoms with E-state index in [0.29, 0.717) is 17.4 Å². The van der Waals surface area contributed by atoms with E-state index in [1.165, 1.54) is 10.4 Å². The Morgan fingerprint density at radius 3 is 2.50 bits per heavy atom. The Hall–Kier alpha value is -3.78. The third-order valence-corrected chi connectivity index (χ3v) is 6.47. The fraction of sp³-hybridized carbons (Fsp3) is 0.192. The lowest BCUT2D eigenvalue weighted by Gasteiger charge is -2.09. The molecule has 5 rings (SSSR count). The number of anilines is 1. The summed E-state index contributed by atoms with van der Waals surface area (Å²) in [5.74, 6) is 2.64. The Balaban J connectivity index is 1.21. The molecule has 0 saturated heterocycles. The van der Waals surface area contributed by atoms with Crippen LogP contribution >= 0.6 is 11.3 Å². The van der Waals surface area contributed by atoms with Gasteiger partial charge in [0.1, 0.15) is 16.4 Å². The number of halogens is 1. The maximum Gasteiger partial charge on any atom is 0.228 e. The average molecular weight is 474 g/mol. The quantitative estimate of drug-likeness (QED) is 0.242. The molecule has 5 aromatic rings. The van der Waals surface area contributed by atoms with Gasteiger partial charge in [0.25, 0.3) is 0 Å². The monoisotopic (exact) mass is 473 g/mol. The van der Waals surface area contributed by atoms with Gasteiger partial charge >= 0.3 is 0 Å². The van der Waals surface area contributed by atoms with E-state index in [4.69, 9.17) is 9.72 Å². The molecule has 0 radical (unpaired) electrons. The van der Waals surface area contributed by atoms with Crippen LogP contribution in [0.15, 0.2) is 67.0 Å². The predicted molar refractivity (Wildman–Crippen MR) is 135 cm³/mol. The van der Waals surface area contributed by atoms with Crippen molar-refractivity contribution in [3.8, 4) is 28.5 Å². The minimum absolute atomic E-state index is 0.533. The molecule has 0 aliphatic rings. The molecule has 0 aliphatic heterocycles. The Morgan fingerprint density at radius 1 is 1.03 bits per heavy atom. The number of ether oxygens (including phenoxy) is 1. The lowest BCUT2D eigenvalue weighted by atomic mass is 10.0. The van der Waals surface area contributed by atoms with Gasteiger partial charge in [-0.3, -0.25) is 0 Å². The van der Waals surface area contributed by atoms with E-state index in [9.17, 15) is 4.39 Å². The second-order valence-electron chi connectivity index (χ2n) is 7.91. The molecule has 2 N–H and O–H groups in total. The Morgan fingerprint density at radius 2 is 1.79 bits per heavy atom. The minimum atomic E-state index is -0.816. The summed E-state index contributed by atoms with van der Waals surface area (Å²) < 4.78 is 17.1. The fourth-order valence-corrected chi connectivity index (χ4v) is 4.72. The van der Waals surface area contributed by atoms with Gasteiger partial charge in [0, 0.05) is 23.8 Å². The zero-order valence-electron chi connectivity index (χ0n) is 18.7. The number of nitrogens with one attached hydrogen (secondary N) is 2. The number of alkyl halides is 1. The molecule has 0 spiro atoms. The van der Waals surface area contributed by atoms with Crippen LogP contribution in [0, 0.1) is 6.92 Å². The number of aryl methyl sites for hydroxylation is 2. The highest BCUT2D eigenvalue weighted by Gasteiger charge is 2.13. The lowest BCUT2D eigenvalue weighted by molar-refractivity contribution is 0.192. The van der Waals surface area contributed by atoms with Crippen molar-refractivity contribution in [2.75, 3.05) is 18.7 Å². The Labute approximate surface area is 200 Å². The molecule has 0 aliphatic carbocycles. The number of aromatic nitrogens is 4. The van der Waals surface area contributed by atoms with Gasteiger partial charge in [-0.05, 0) is 54.7 Å². The zero-order valence-corrected chi connectivity index (χ0v) is 19.5. The number of nitrogens with zero attached hydrogens (tertiary/aromatic N) is 3. The summed E-state index contributed by atoms with van der Waals surface area (Å²) in [6.07, 6.45) is 5.41. The van der Waals surface area contributed by atoms with E-state index >= 15 is 0 Å². The third-order valence-electron chi connectivity index (χ3n) is 5.52. The van der Waals surface area contributed by atoms with Crippen LogP contribution in [0.5, 0.6) is 5.75 Å². The minimum Gasteiger partial charge on any atom is -0.463 e. The molecular weight excluding hydrogens is 449 g/mol. The zero-order chi connectivity index (χ0) is 23.3. The van der Waals surface area contributed by atoms with Crippen LogP contribution in [-0.4, -0.2) is 33.3 Å². The number of hydrogen-bond acceptors (Lipinski definition) is 6. The van der Waals surface area contributed by atoms with Crippen LogP contribution in [0.25, 0.3) is 33.0 Å². The standard InChI is InChI=1S/C26H24FN5OS/c1-17-15-22-23(31-25(32-26(22)34-17)24-29-13-14-30-24)28-12-2-3-18-4-6-19(7-5-18)20-8-10-21(11-9-20)33-16-27/h4-11,13-15H,2-3,12,16H2,1H3,(H,29,30)(H,28,31,32). The van der Waals surface area contributed by atoms with Crippen LogP contribution in [-0.2, 0) is 6.42 Å². The van der Waals surface area contributed by atoms with Crippen molar-refractivity contribution in [2.45, 2.75) is 19.8 Å². The first-order valence-corrected chi connectivity index (χ1v) is 11.9. The second-order valence-corrected chi connectivity index (χ2v) is 9.15. The van der Waals surface area contributed by atoms with Gasteiger partial charge in [-0.15, -0.1) is 11.3 Å². The van der Waals surface area contributed by atoms with Crippen molar-refractivity contribution < 1.29 is 9.13 Å². The summed E-state index contributed by atoms with van der Waals surface area (Å²) in [6.45, 7) is 2.07. The van der Waals surface area contributed by atoms with Crippen LogP contribution in [0.1, 0.15) is 16.9 Å². The van der Waals surface area contributed by atoms with E-state index in [1.54, 1.807) is 35.9 Å². The van der Waals surface area contributed by atoms with E-state index in [-0.39, 0.29) is 0 Å². The number of hydrogen-bond donors (Lipinski definition) is 2. The number of fused-ring (bicyclic) bond motifs is 1. The van der Waals surface area contributed by atoms with Gasteiger partial charge < -0.3 is 15.0 Å². The maximum atomic E-state index is 12.3. The predicted octanol–water partition coefficient (Wildman–Crippen LogP) is 6.41. The molecule has 34 heavy (non-hydrogen) atoms. The summed E-state index contributed by atoms with van der Waals surface area (Å²) in [5, 5.41) is 4.55. The molecule has 3 aromatic heterocycles. The maximum absolute atomic E-state index is 12.3. The summed E-state index contributed by atoms with van der Waals surface area (Å²) in [7, 11) is 0. The van der Waals surface area contributed by atoms with Crippen LogP contribution in [0.4, 0.5) is 10.2 Å². The van der Waals surface area contributed by atoms with Crippen molar-refractivity contribution >= 4 is 27.4 Å². The number of imidazole rings is 1. The molecule has 0 saturated carbocycles. The summed E-state index contributed by atoms with van der Waals surface area (Å²) in [6, 6.07) is 18.1. The van der Waals surface area contributed by atoms with Gasteiger partial charge in [0.15, 0.2) is 11.6 Å². The molecular formula is C26H24FN5OS. The van der Waals surface area contributed by atoms with Gasteiger partial charge in [-0.25, -0.2) is 19.3 Å². The van der Waals surface area contributed by atoms with Crippen molar-refractivity contribution in [1.82, 2.24) is 19.9 Å². The molecule has 6 nitrogen and oxygen atoms in total. The normalized spacial score (nSPS) is 11.1. The highest BCUT2D eigenvalue weighted by atomic mass is 32.1. The molecule has 0 unspecified atom stereocenters. The van der Waals surface area contributed by atoms with Crippen molar-refractivity contribution in [3.05, 3.63) is 77.4 Å². The van der Waals surface area contributed by atoms with E-state index in [0.717, 1.165) is 46.5 Å². The number of thiophene rings is 1. The molecule has 0 atom stereocenters. The van der Waals surface area contributed by atoms with Crippen molar-refractivity contribution in [1.29, 1.82) is 0 Å². The topological polar surface area (TPSA) is 75.7 Å². The molecule has 172 valence electrons. The van der Waals surface area contributed by atoms with Gasteiger partial charge in [-0.2, -0.15) is 0 Å². The van der Waals surface area contributed by atoms with E-state index in [2.05, 4.69) is 57.5 Å². The van der Waals surface area contributed by atoms with Gasteiger partial charge in [0.05, 0.1) is 5.39 Å². The summed E-state index contributed by atoms with van der Waals surface area (Å²) in [4.78, 5) is 18.9. The molecule has 0 bridgehead atoms. The third kappa shape index (κ3) is 4.92. The summed E-state index contributed by atoms with van der Waals surface area (Å²) >= 11 is 1.66. The van der Waals surface area contributed by atoms with Gasteiger partial charge in [-0.1, -0.05) is 36.4 Å². The second kappa shape index (κ2) is 10.0. The number of aromatic amines is 1. The van der Waals surface area contributed by atoms with Crippen LogP contribution in [0.3, 0.4) is 0 Å². The molecule has 0 fully saturated rings. The molecule has 2 aromatic carbocycles. The van der Waals surface area contributed by atoms with Gasteiger partial charge in [0.2, 0.25) is 6.86 Å². The first-order valence-electron chi connectivity index (χ1n) is 11.1. The van der Waals surface area contributed by atoms with E-state index in [1.807, 2.05) is 12.1 Å². The highest BCUT2D eigenvalue weighted by Crippen LogP contribution is 2.30. The Kier molecular flexibility index (Phi) is 6.49. The first kappa shape index (κ1) is 22.0. The first-order chi connectivity index (χ1) is 16.7. The fourth-order valence-electron chi connectivity index (χ4n) is 3.84. The number of H-pyrrole nitrogens is 1. The van der Waals surface area contributed by atoms with E-state index < -0.39 is 6.86 Å². The molecule has 3 heterocycles. The Bertz CT molecular complexity index is 1370. The molecule has 8 heteroatoms. The van der Waals surface area contributed by atoms with Crippen molar-refractivity contribution in [2.24, 2.45) is 0 Å².